The Hall–Kier alpha value is -4.11. The Morgan fingerprint density at radius 2 is 2.00 bits per heavy atom. The Labute approximate surface area is 222 Å². The molecule has 6 N–H and O–H groups in total. The standard InChI is InChI=1S/C29H35N7O2/c1-5-17-12-20(37)7-8-22(17)34-28(31)21-15-33-36-16-19(18-6-11-26(38-4)32-14-18)13-23(36)27(21)35-25-10-9-24(30)29(25,2)3/h6-8,11-16,24-25,35,37H,5,9-10,30H2,1-4H3,(H2,31,34). The van der Waals surface area contributed by atoms with Crippen LogP contribution < -0.4 is 21.5 Å². The molecule has 1 fully saturated rings. The van der Waals surface area contributed by atoms with E-state index in [0.717, 1.165) is 52.8 Å². The fourth-order valence-corrected chi connectivity index (χ4v) is 5.17. The lowest BCUT2D eigenvalue weighted by Crippen LogP contribution is -2.42. The second kappa shape index (κ2) is 9.98. The quantitative estimate of drug-likeness (QED) is 0.209. The number of benzene rings is 1. The maximum atomic E-state index is 9.91. The van der Waals surface area contributed by atoms with Crippen molar-refractivity contribution in [1.82, 2.24) is 14.6 Å². The van der Waals surface area contributed by atoms with Crippen molar-refractivity contribution in [1.29, 1.82) is 0 Å². The first-order valence-electron chi connectivity index (χ1n) is 12.9. The van der Waals surface area contributed by atoms with Gasteiger partial charge in [0, 0.05) is 41.7 Å². The van der Waals surface area contributed by atoms with E-state index in [0.29, 0.717) is 17.3 Å². The first-order chi connectivity index (χ1) is 18.2. The SMILES string of the molecule is CCc1cc(O)ccc1N=C(N)c1cnn2cc(-c3ccc(OC)nc3)cc2c1NC1CCC(N)C1(C)C. The van der Waals surface area contributed by atoms with Crippen LogP contribution in [0.1, 0.15) is 44.7 Å². The van der Waals surface area contributed by atoms with E-state index < -0.39 is 0 Å². The summed E-state index contributed by atoms with van der Waals surface area (Å²) in [7, 11) is 1.60. The molecule has 0 amide bonds. The Morgan fingerprint density at radius 3 is 2.66 bits per heavy atom. The van der Waals surface area contributed by atoms with E-state index >= 15 is 0 Å². The van der Waals surface area contributed by atoms with Crippen LogP contribution in [0.5, 0.6) is 11.6 Å². The van der Waals surface area contributed by atoms with E-state index in [4.69, 9.17) is 21.2 Å². The van der Waals surface area contributed by atoms with Gasteiger partial charge in [-0.1, -0.05) is 20.8 Å². The highest BCUT2D eigenvalue weighted by Crippen LogP contribution is 2.40. The third-order valence-corrected chi connectivity index (χ3v) is 7.82. The van der Waals surface area contributed by atoms with Crippen LogP contribution in [0.3, 0.4) is 0 Å². The lowest BCUT2D eigenvalue weighted by atomic mass is 9.84. The van der Waals surface area contributed by atoms with Gasteiger partial charge >= 0.3 is 0 Å². The molecule has 38 heavy (non-hydrogen) atoms. The highest BCUT2D eigenvalue weighted by Gasteiger charge is 2.41. The summed E-state index contributed by atoms with van der Waals surface area (Å²) in [5.41, 5.74) is 19.0. The number of fused-ring (bicyclic) bond motifs is 1. The lowest BCUT2D eigenvalue weighted by molar-refractivity contribution is 0.308. The van der Waals surface area contributed by atoms with Crippen LogP contribution in [0.4, 0.5) is 11.4 Å². The minimum Gasteiger partial charge on any atom is -0.508 e. The number of phenols is 1. The number of aromatic hydroxyl groups is 1. The van der Waals surface area contributed by atoms with Gasteiger partial charge in [0.15, 0.2) is 0 Å². The fourth-order valence-electron chi connectivity index (χ4n) is 5.17. The molecule has 2 atom stereocenters. The van der Waals surface area contributed by atoms with Crippen LogP contribution in [0.2, 0.25) is 0 Å². The van der Waals surface area contributed by atoms with E-state index in [-0.39, 0.29) is 23.2 Å². The summed E-state index contributed by atoms with van der Waals surface area (Å²) in [5, 5.41) is 18.4. The molecule has 5 rings (SSSR count). The van der Waals surface area contributed by atoms with Gasteiger partial charge < -0.3 is 26.6 Å². The Kier molecular flexibility index (Phi) is 6.71. The summed E-state index contributed by atoms with van der Waals surface area (Å²) in [4.78, 5) is 9.12. The van der Waals surface area contributed by atoms with Crippen molar-refractivity contribution in [2.75, 3.05) is 12.4 Å². The molecule has 0 saturated heterocycles. The predicted molar refractivity (Wildman–Crippen MR) is 151 cm³/mol. The highest BCUT2D eigenvalue weighted by atomic mass is 16.5. The molecule has 1 saturated carbocycles. The van der Waals surface area contributed by atoms with Gasteiger partial charge in [-0.05, 0) is 60.6 Å². The molecule has 1 aliphatic carbocycles. The normalized spacial score (nSPS) is 19.1. The Balaban J connectivity index is 1.64. The molecular weight excluding hydrogens is 478 g/mol. The Morgan fingerprint density at radius 1 is 1.18 bits per heavy atom. The lowest BCUT2D eigenvalue weighted by Gasteiger charge is -2.32. The van der Waals surface area contributed by atoms with Gasteiger partial charge in [-0.2, -0.15) is 5.10 Å². The maximum absolute atomic E-state index is 9.91. The maximum Gasteiger partial charge on any atom is 0.212 e. The smallest absolute Gasteiger partial charge is 0.212 e. The van der Waals surface area contributed by atoms with Crippen molar-refractivity contribution in [2.45, 2.75) is 52.1 Å². The van der Waals surface area contributed by atoms with Crippen molar-refractivity contribution in [3.8, 4) is 22.8 Å². The Bertz CT molecular complexity index is 1490. The van der Waals surface area contributed by atoms with Crippen molar-refractivity contribution in [3.63, 3.8) is 0 Å². The molecule has 1 aliphatic rings. The number of hydrogen-bond donors (Lipinski definition) is 4. The number of pyridine rings is 1. The van der Waals surface area contributed by atoms with E-state index in [1.54, 1.807) is 37.7 Å². The van der Waals surface area contributed by atoms with Crippen molar-refractivity contribution >= 4 is 22.7 Å². The second-order valence-electron chi connectivity index (χ2n) is 10.4. The minimum atomic E-state index is -0.106. The number of nitrogens with one attached hydrogen (secondary N) is 1. The molecule has 0 radical (unpaired) electrons. The number of ether oxygens (including phenoxy) is 1. The van der Waals surface area contributed by atoms with E-state index in [2.05, 4.69) is 35.3 Å². The third-order valence-electron chi connectivity index (χ3n) is 7.82. The number of aliphatic imine (C=N–C) groups is 1. The highest BCUT2D eigenvalue weighted by molar-refractivity contribution is 6.06. The summed E-state index contributed by atoms with van der Waals surface area (Å²) in [6.45, 7) is 6.43. The molecule has 0 spiro atoms. The molecule has 0 aliphatic heterocycles. The molecule has 0 bridgehead atoms. The molecule has 3 aromatic heterocycles. The summed E-state index contributed by atoms with van der Waals surface area (Å²) >= 11 is 0. The minimum absolute atomic E-state index is 0.101. The molecule has 2 unspecified atom stereocenters. The number of methoxy groups -OCH3 is 1. The number of rotatable bonds is 7. The number of anilines is 1. The van der Waals surface area contributed by atoms with Gasteiger partial charge in [0.05, 0.1) is 35.8 Å². The zero-order valence-electron chi connectivity index (χ0n) is 22.3. The molecular formula is C29H35N7O2. The third kappa shape index (κ3) is 4.65. The average molecular weight is 514 g/mol. The van der Waals surface area contributed by atoms with Gasteiger partial charge in [0.1, 0.15) is 11.6 Å². The molecule has 9 nitrogen and oxygen atoms in total. The van der Waals surface area contributed by atoms with Crippen LogP contribution in [-0.4, -0.2) is 44.7 Å². The number of aromatic nitrogens is 3. The van der Waals surface area contributed by atoms with Crippen LogP contribution in [0, 0.1) is 5.41 Å². The average Bonchev–Trinajstić information content (AvgIpc) is 3.46. The van der Waals surface area contributed by atoms with E-state index in [1.165, 1.54) is 0 Å². The number of phenolic OH excluding ortho intramolecular Hbond substituents is 1. The topological polar surface area (TPSA) is 136 Å². The zero-order chi connectivity index (χ0) is 27.0. The zero-order valence-corrected chi connectivity index (χ0v) is 22.3. The van der Waals surface area contributed by atoms with Crippen molar-refractivity contribution < 1.29 is 9.84 Å². The van der Waals surface area contributed by atoms with Crippen LogP contribution >= 0.6 is 0 Å². The summed E-state index contributed by atoms with van der Waals surface area (Å²) < 4.78 is 7.06. The number of nitrogens with zero attached hydrogens (tertiary/aromatic N) is 4. The number of hydrogen-bond acceptors (Lipinski definition) is 7. The summed E-state index contributed by atoms with van der Waals surface area (Å²) in [6, 6.07) is 11.3. The van der Waals surface area contributed by atoms with E-state index in [1.807, 2.05) is 29.8 Å². The van der Waals surface area contributed by atoms with Crippen LogP contribution in [-0.2, 0) is 6.42 Å². The molecule has 1 aromatic carbocycles. The predicted octanol–water partition coefficient (Wildman–Crippen LogP) is 4.64. The van der Waals surface area contributed by atoms with Gasteiger partial charge in [-0.15, -0.1) is 0 Å². The van der Waals surface area contributed by atoms with Gasteiger partial charge in [0.25, 0.3) is 0 Å². The molecule has 3 heterocycles. The van der Waals surface area contributed by atoms with E-state index in [9.17, 15) is 5.11 Å². The molecule has 4 aromatic rings. The monoisotopic (exact) mass is 513 g/mol. The van der Waals surface area contributed by atoms with Crippen molar-refractivity contribution in [2.24, 2.45) is 21.9 Å². The second-order valence-corrected chi connectivity index (χ2v) is 10.4. The van der Waals surface area contributed by atoms with Gasteiger partial charge in [0.2, 0.25) is 5.88 Å². The van der Waals surface area contributed by atoms with Crippen LogP contribution in [0.15, 0.2) is 60.0 Å². The first kappa shape index (κ1) is 25.5. The molecule has 198 valence electrons. The van der Waals surface area contributed by atoms with Crippen molar-refractivity contribution in [3.05, 3.63) is 66.1 Å². The number of nitrogens with two attached hydrogens (primary N) is 2. The first-order valence-corrected chi connectivity index (χ1v) is 12.9. The van der Waals surface area contributed by atoms with Gasteiger partial charge in [-0.25, -0.2) is 14.5 Å². The number of amidine groups is 1. The summed E-state index contributed by atoms with van der Waals surface area (Å²) in [6.07, 6.45) is 8.12. The van der Waals surface area contributed by atoms with Crippen LogP contribution in [0.25, 0.3) is 16.6 Å². The summed E-state index contributed by atoms with van der Waals surface area (Å²) in [5.74, 6) is 1.11. The molecule has 9 heteroatoms. The largest absolute Gasteiger partial charge is 0.508 e. The fraction of sp³-hybridized carbons (Fsp3) is 0.345. The number of aryl methyl sites for hydroxylation is 1. The van der Waals surface area contributed by atoms with Gasteiger partial charge in [-0.3, -0.25) is 0 Å².